The number of amides is 2. The third-order valence-electron chi connectivity index (χ3n) is 7.79. The molecule has 3 aliphatic rings. The summed E-state index contributed by atoms with van der Waals surface area (Å²) in [5, 5.41) is 14.4. The minimum absolute atomic E-state index is 0.0250. The highest BCUT2D eigenvalue weighted by atomic mass is 19.3. The molecular weight excluding hydrogens is 542 g/mol. The maximum Gasteiger partial charge on any atom is 0.405 e. The molecule has 3 aromatic rings. The number of fused-ring (bicyclic) bond motifs is 1. The summed E-state index contributed by atoms with van der Waals surface area (Å²) in [6.07, 6.45) is 1.56. The second-order valence-electron chi connectivity index (χ2n) is 10.3. The minimum Gasteiger partial charge on any atom is -0.465 e. The van der Waals surface area contributed by atoms with Gasteiger partial charge < -0.3 is 30.1 Å². The van der Waals surface area contributed by atoms with Crippen LogP contribution in [0.25, 0.3) is 16.6 Å². The molecule has 0 bridgehead atoms. The number of hydrogen-bond acceptors (Lipinski definition) is 8. The van der Waals surface area contributed by atoms with Crippen molar-refractivity contribution in [3.8, 4) is 11.4 Å². The summed E-state index contributed by atoms with van der Waals surface area (Å²) in [7, 11) is 0. The molecule has 2 aliphatic heterocycles. The smallest absolute Gasteiger partial charge is 0.405 e. The lowest BCUT2D eigenvalue weighted by molar-refractivity contribution is -0.124. The van der Waals surface area contributed by atoms with E-state index in [1.807, 2.05) is 4.90 Å². The summed E-state index contributed by atoms with van der Waals surface area (Å²) in [6.45, 7) is 0.142. The Morgan fingerprint density at radius 2 is 1.83 bits per heavy atom. The molecule has 2 saturated heterocycles. The molecule has 2 amide bonds. The van der Waals surface area contributed by atoms with Crippen molar-refractivity contribution in [2.75, 3.05) is 49.6 Å². The van der Waals surface area contributed by atoms with Gasteiger partial charge in [-0.1, -0.05) is 0 Å². The van der Waals surface area contributed by atoms with Gasteiger partial charge >= 0.3 is 12.7 Å². The zero-order valence-electron chi connectivity index (χ0n) is 21.9. The van der Waals surface area contributed by atoms with Crippen LogP contribution in [0, 0.1) is 0 Å². The Morgan fingerprint density at radius 3 is 2.51 bits per heavy atom. The number of nitrogens with one attached hydrogen (secondary N) is 2. The van der Waals surface area contributed by atoms with Gasteiger partial charge in [0.1, 0.15) is 17.6 Å². The van der Waals surface area contributed by atoms with Gasteiger partial charge in [-0.05, 0) is 49.2 Å². The summed E-state index contributed by atoms with van der Waals surface area (Å²) < 4.78 is 37.7. The van der Waals surface area contributed by atoms with Gasteiger partial charge in [-0.15, -0.1) is 0 Å². The summed E-state index contributed by atoms with van der Waals surface area (Å²) in [6, 6.07) is 9.15. The number of rotatable bonds is 8. The molecule has 41 heavy (non-hydrogen) atoms. The van der Waals surface area contributed by atoms with Gasteiger partial charge in [-0.3, -0.25) is 19.1 Å². The standard InChI is InChI=1S/C27H28F2N6O6/c28-25(29)41-22-4-2-18(12-21(22)32-24(37)27(5-6-27)34-7-9-40-10-8-34)35-15-30-20-11-17(1-3-19(20)23(35)36)33-13-16(14-33)31-26(38)39/h1-4,11-12,15-16,25,31H,5-10,13-14H2,(H,32,37)(H,38,39). The van der Waals surface area contributed by atoms with E-state index in [2.05, 4.69) is 25.3 Å². The lowest BCUT2D eigenvalue weighted by atomic mass is 10.1. The predicted octanol–water partition coefficient (Wildman–Crippen LogP) is 2.25. The monoisotopic (exact) mass is 570 g/mol. The average molecular weight is 571 g/mol. The number of carbonyl (C=O) groups excluding carboxylic acids is 1. The number of alkyl halides is 2. The van der Waals surface area contributed by atoms with E-state index in [-0.39, 0.29) is 28.9 Å². The number of halogens is 2. The Morgan fingerprint density at radius 1 is 1.10 bits per heavy atom. The summed E-state index contributed by atoms with van der Waals surface area (Å²) in [5.74, 6) is -0.537. The second-order valence-corrected chi connectivity index (χ2v) is 10.3. The number of nitrogens with zero attached hydrogens (tertiary/aromatic N) is 4. The molecular formula is C27H28F2N6O6. The number of aromatic nitrogens is 2. The molecule has 1 aliphatic carbocycles. The lowest BCUT2D eigenvalue weighted by Crippen LogP contribution is -2.59. The number of carbonyl (C=O) groups is 2. The van der Waals surface area contributed by atoms with Crippen LogP contribution in [0.2, 0.25) is 0 Å². The number of ether oxygens (including phenoxy) is 2. The van der Waals surface area contributed by atoms with Crippen LogP contribution in [0.1, 0.15) is 12.8 Å². The van der Waals surface area contributed by atoms with Crippen LogP contribution < -0.4 is 25.8 Å². The van der Waals surface area contributed by atoms with E-state index in [1.54, 1.807) is 18.2 Å². The van der Waals surface area contributed by atoms with Crippen LogP contribution in [0.5, 0.6) is 5.75 Å². The maximum absolute atomic E-state index is 13.4. The Labute approximate surface area is 232 Å². The van der Waals surface area contributed by atoms with E-state index >= 15 is 0 Å². The molecule has 14 heteroatoms. The fourth-order valence-corrected chi connectivity index (χ4v) is 5.45. The van der Waals surface area contributed by atoms with E-state index in [4.69, 9.17) is 9.84 Å². The van der Waals surface area contributed by atoms with Gasteiger partial charge in [0.15, 0.2) is 0 Å². The Hall–Kier alpha value is -4.30. The van der Waals surface area contributed by atoms with Crippen molar-refractivity contribution in [3.63, 3.8) is 0 Å². The Balaban J connectivity index is 1.26. The summed E-state index contributed by atoms with van der Waals surface area (Å²) >= 11 is 0. The highest BCUT2D eigenvalue weighted by molar-refractivity contribution is 6.01. The molecule has 0 spiro atoms. The first-order chi connectivity index (χ1) is 19.7. The molecule has 3 N–H and O–H groups in total. The molecule has 0 atom stereocenters. The van der Waals surface area contributed by atoms with Crippen LogP contribution in [-0.4, -0.2) is 89.1 Å². The minimum atomic E-state index is -3.11. The fourth-order valence-electron chi connectivity index (χ4n) is 5.45. The van der Waals surface area contributed by atoms with E-state index < -0.39 is 18.2 Å². The molecule has 2 aromatic carbocycles. The van der Waals surface area contributed by atoms with Crippen LogP contribution in [0.4, 0.5) is 25.0 Å². The van der Waals surface area contributed by atoms with Gasteiger partial charge in [0.05, 0.1) is 41.5 Å². The van der Waals surface area contributed by atoms with Crippen LogP contribution in [0.15, 0.2) is 47.5 Å². The van der Waals surface area contributed by atoms with E-state index in [1.165, 1.54) is 29.1 Å². The van der Waals surface area contributed by atoms with Crippen molar-refractivity contribution in [2.24, 2.45) is 0 Å². The van der Waals surface area contributed by atoms with Crippen molar-refractivity contribution in [1.82, 2.24) is 19.8 Å². The zero-order valence-corrected chi connectivity index (χ0v) is 21.9. The quantitative estimate of drug-likeness (QED) is 0.372. The van der Waals surface area contributed by atoms with Gasteiger partial charge in [0.2, 0.25) is 5.91 Å². The van der Waals surface area contributed by atoms with Gasteiger partial charge in [-0.2, -0.15) is 8.78 Å². The first kappa shape index (κ1) is 26.9. The number of hydrogen-bond donors (Lipinski definition) is 3. The lowest BCUT2D eigenvalue weighted by Gasteiger charge is -2.40. The van der Waals surface area contributed by atoms with Crippen LogP contribution in [0.3, 0.4) is 0 Å². The number of carboxylic acid groups (broad SMARTS) is 1. The normalized spacial score (nSPS) is 18.7. The third kappa shape index (κ3) is 5.27. The molecule has 1 saturated carbocycles. The molecule has 3 heterocycles. The summed E-state index contributed by atoms with van der Waals surface area (Å²) in [5.41, 5.74) is 0.483. The van der Waals surface area contributed by atoms with Crippen molar-refractivity contribution in [1.29, 1.82) is 0 Å². The van der Waals surface area contributed by atoms with Gasteiger partial charge in [0, 0.05) is 31.9 Å². The van der Waals surface area contributed by atoms with E-state index in [0.717, 1.165) is 5.69 Å². The highest BCUT2D eigenvalue weighted by Crippen LogP contribution is 2.44. The highest BCUT2D eigenvalue weighted by Gasteiger charge is 2.54. The molecule has 0 unspecified atom stereocenters. The number of benzene rings is 2. The fraction of sp³-hybridized carbons (Fsp3) is 0.407. The van der Waals surface area contributed by atoms with E-state index in [0.29, 0.717) is 68.8 Å². The molecule has 3 fully saturated rings. The summed E-state index contributed by atoms with van der Waals surface area (Å²) in [4.78, 5) is 46.0. The molecule has 0 radical (unpaired) electrons. The Bertz CT molecular complexity index is 1550. The van der Waals surface area contributed by atoms with Crippen molar-refractivity contribution in [2.45, 2.75) is 31.0 Å². The molecule has 12 nitrogen and oxygen atoms in total. The van der Waals surface area contributed by atoms with Crippen molar-refractivity contribution in [3.05, 3.63) is 53.1 Å². The third-order valence-corrected chi connectivity index (χ3v) is 7.79. The van der Waals surface area contributed by atoms with Crippen LogP contribution >= 0.6 is 0 Å². The zero-order chi connectivity index (χ0) is 28.7. The first-order valence-electron chi connectivity index (χ1n) is 13.2. The van der Waals surface area contributed by atoms with Crippen molar-refractivity contribution >= 4 is 34.3 Å². The van der Waals surface area contributed by atoms with Gasteiger partial charge in [0.25, 0.3) is 5.56 Å². The van der Waals surface area contributed by atoms with Crippen LogP contribution in [-0.2, 0) is 9.53 Å². The number of morpholine rings is 1. The molecule has 1 aromatic heterocycles. The average Bonchev–Trinajstić information content (AvgIpc) is 3.74. The van der Waals surface area contributed by atoms with E-state index in [9.17, 15) is 23.2 Å². The number of anilines is 2. The largest absolute Gasteiger partial charge is 0.465 e. The maximum atomic E-state index is 13.4. The SMILES string of the molecule is O=C(O)NC1CN(c2ccc3c(=O)n(-c4ccc(OC(F)F)c(NC(=O)C5(N6CCOCC6)CC5)c4)cnc3c2)C1. The van der Waals surface area contributed by atoms with Crippen molar-refractivity contribution < 1.29 is 33.0 Å². The molecule has 216 valence electrons. The topological polar surface area (TPSA) is 138 Å². The molecule has 6 rings (SSSR count). The van der Waals surface area contributed by atoms with Gasteiger partial charge in [-0.25, -0.2) is 9.78 Å². The first-order valence-corrected chi connectivity index (χ1v) is 13.2. The Kier molecular flexibility index (Phi) is 6.95. The second kappa shape index (κ2) is 10.6. The predicted molar refractivity (Wildman–Crippen MR) is 144 cm³/mol.